The van der Waals surface area contributed by atoms with Crippen LogP contribution in [-0.2, 0) is 0 Å². The fourth-order valence-corrected chi connectivity index (χ4v) is 2.74. The summed E-state index contributed by atoms with van der Waals surface area (Å²) in [7, 11) is 0. The van der Waals surface area contributed by atoms with Gasteiger partial charge in [0.2, 0.25) is 0 Å². The van der Waals surface area contributed by atoms with Crippen LogP contribution in [0.15, 0.2) is 29.2 Å². The zero-order valence-electron chi connectivity index (χ0n) is 8.38. The zero-order chi connectivity index (χ0) is 12.4. The van der Waals surface area contributed by atoms with Crippen molar-refractivity contribution in [2.75, 3.05) is 0 Å². The Morgan fingerprint density at radius 2 is 1.94 bits per heavy atom. The van der Waals surface area contributed by atoms with Gasteiger partial charge in [0, 0.05) is 17.0 Å². The van der Waals surface area contributed by atoms with Crippen LogP contribution in [0.4, 0.5) is 5.69 Å². The van der Waals surface area contributed by atoms with E-state index in [4.69, 9.17) is 24.4 Å². The molecule has 1 fully saturated rings. The van der Waals surface area contributed by atoms with E-state index in [-0.39, 0.29) is 5.69 Å². The minimum atomic E-state index is -0.428. The Balaban J connectivity index is 2.24. The fourth-order valence-electron chi connectivity index (χ4n) is 1.26. The third-order valence-corrected chi connectivity index (χ3v) is 3.68. The van der Waals surface area contributed by atoms with Crippen LogP contribution in [0.3, 0.4) is 0 Å². The van der Waals surface area contributed by atoms with Gasteiger partial charge in [0.25, 0.3) is 5.69 Å². The Morgan fingerprint density at radius 3 is 2.41 bits per heavy atom. The number of thiocarbonyl (C=S) groups is 2. The van der Waals surface area contributed by atoms with Crippen molar-refractivity contribution < 1.29 is 4.92 Å². The first-order valence-corrected chi connectivity index (χ1v) is 6.19. The topological polar surface area (TPSA) is 55.2 Å². The third-order valence-electron chi connectivity index (χ3n) is 2.04. The van der Waals surface area contributed by atoms with E-state index in [1.807, 2.05) is 6.08 Å². The highest BCUT2D eigenvalue weighted by atomic mass is 32.2. The molecule has 4 nitrogen and oxygen atoms in total. The Labute approximate surface area is 112 Å². The van der Waals surface area contributed by atoms with Crippen molar-refractivity contribution >= 4 is 57.3 Å². The molecule has 0 bridgehead atoms. The van der Waals surface area contributed by atoms with E-state index in [9.17, 15) is 10.1 Å². The maximum Gasteiger partial charge on any atom is 0.269 e. The predicted octanol–water partition coefficient (Wildman–Crippen LogP) is 2.88. The van der Waals surface area contributed by atoms with Gasteiger partial charge in [-0.15, -0.1) is 0 Å². The van der Waals surface area contributed by atoms with Crippen LogP contribution in [0.1, 0.15) is 5.56 Å². The van der Waals surface area contributed by atoms with Gasteiger partial charge in [-0.05, 0) is 23.8 Å². The van der Waals surface area contributed by atoms with Crippen molar-refractivity contribution in [2.45, 2.75) is 0 Å². The third kappa shape index (κ3) is 2.87. The number of benzene rings is 1. The number of nitrogens with zero attached hydrogens (tertiary/aromatic N) is 1. The quantitative estimate of drug-likeness (QED) is 0.389. The van der Waals surface area contributed by atoms with E-state index < -0.39 is 4.92 Å². The van der Waals surface area contributed by atoms with Gasteiger partial charge in [-0.2, -0.15) is 0 Å². The normalized spacial score (nSPS) is 17.3. The molecule has 0 saturated carbocycles. The number of nitro groups is 1. The largest absolute Gasteiger partial charge is 0.331 e. The lowest BCUT2D eigenvalue weighted by molar-refractivity contribution is -0.384. The highest BCUT2D eigenvalue weighted by Crippen LogP contribution is 2.27. The van der Waals surface area contributed by atoms with E-state index in [2.05, 4.69) is 5.32 Å². The lowest BCUT2D eigenvalue weighted by atomic mass is 10.2. The van der Waals surface area contributed by atoms with Gasteiger partial charge >= 0.3 is 0 Å². The second-order valence-electron chi connectivity index (χ2n) is 3.20. The van der Waals surface area contributed by atoms with Gasteiger partial charge in [-0.25, -0.2) is 0 Å². The molecule has 0 unspecified atom stereocenters. The average molecular weight is 282 g/mol. The molecule has 0 atom stereocenters. The molecule has 17 heavy (non-hydrogen) atoms. The molecule has 1 aromatic carbocycles. The highest BCUT2D eigenvalue weighted by Gasteiger charge is 2.18. The van der Waals surface area contributed by atoms with Gasteiger partial charge in [-0.3, -0.25) is 10.1 Å². The molecule has 0 aliphatic carbocycles. The van der Waals surface area contributed by atoms with E-state index in [0.29, 0.717) is 9.31 Å². The number of non-ortho nitro benzene ring substituents is 1. The standard InChI is InChI=1S/C10H6N2O2S3/c13-12(14)7-3-1-6(2-4-7)5-8-9(15)11-10(16)17-8/h1-5H,(H,11,15,16). The number of thioether (sulfide) groups is 1. The Hall–Kier alpha value is -1.31. The SMILES string of the molecule is O=[N+]([O-])c1ccc(C=C2SC(=S)NC2=S)cc1. The second-order valence-corrected chi connectivity index (χ2v) is 5.33. The van der Waals surface area contributed by atoms with Gasteiger partial charge in [0.05, 0.1) is 4.92 Å². The minimum absolute atomic E-state index is 0.0717. The molecule has 0 aromatic heterocycles. The number of nitrogens with one attached hydrogen (secondary N) is 1. The molecular weight excluding hydrogens is 276 g/mol. The maximum atomic E-state index is 10.5. The van der Waals surface area contributed by atoms with Crippen LogP contribution in [0.5, 0.6) is 0 Å². The molecule has 0 amide bonds. The number of hydrogen-bond donors (Lipinski definition) is 1. The average Bonchev–Trinajstić information content (AvgIpc) is 2.58. The van der Waals surface area contributed by atoms with Crippen molar-refractivity contribution in [2.24, 2.45) is 0 Å². The van der Waals surface area contributed by atoms with Crippen molar-refractivity contribution in [3.05, 3.63) is 44.8 Å². The van der Waals surface area contributed by atoms with Crippen molar-refractivity contribution in [1.29, 1.82) is 0 Å². The van der Waals surface area contributed by atoms with Gasteiger partial charge < -0.3 is 5.32 Å². The van der Waals surface area contributed by atoms with Crippen LogP contribution in [0.25, 0.3) is 6.08 Å². The first kappa shape index (κ1) is 12.2. The lowest BCUT2D eigenvalue weighted by Crippen LogP contribution is -2.15. The number of nitro benzene ring substituents is 1. The lowest BCUT2D eigenvalue weighted by Gasteiger charge is -1.96. The molecular formula is C10H6N2O2S3. The fraction of sp³-hybridized carbons (Fsp3) is 0. The van der Waals surface area contributed by atoms with E-state index >= 15 is 0 Å². The molecule has 2 rings (SSSR count). The summed E-state index contributed by atoms with van der Waals surface area (Å²) in [4.78, 5) is 11.5. The summed E-state index contributed by atoms with van der Waals surface area (Å²) in [6.07, 6.45) is 1.85. The minimum Gasteiger partial charge on any atom is -0.331 e. The van der Waals surface area contributed by atoms with Gasteiger partial charge in [-0.1, -0.05) is 36.2 Å². The molecule has 1 aliphatic heterocycles. The Bertz CT molecular complexity index is 537. The summed E-state index contributed by atoms with van der Waals surface area (Å²) < 4.78 is 0.628. The van der Waals surface area contributed by atoms with Crippen LogP contribution in [-0.4, -0.2) is 14.2 Å². The van der Waals surface area contributed by atoms with E-state index in [0.717, 1.165) is 10.5 Å². The zero-order valence-corrected chi connectivity index (χ0v) is 10.8. The van der Waals surface area contributed by atoms with Crippen LogP contribution in [0, 0.1) is 10.1 Å². The Morgan fingerprint density at radius 1 is 1.29 bits per heavy atom. The molecule has 0 spiro atoms. The number of hydrogen-bond acceptors (Lipinski definition) is 5. The monoisotopic (exact) mass is 282 g/mol. The predicted molar refractivity (Wildman–Crippen MR) is 77.0 cm³/mol. The first-order chi connectivity index (χ1) is 8.06. The second kappa shape index (κ2) is 4.91. The summed E-state index contributed by atoms with van der Waals surface area (Å²) in [5.41, 5.74) is 0.925. The summed E-state index contributed by atoms with van der Waals surface area (Å²) in [6, 6.07) is 6.27. The molecule has 1 aliphatic rings. The number of rotatable bonds is 2. The molecule has 7 heteroatoms. The molecule has 1 heterocycles. The molecule has 1 saturated heterocycles. The first-order valence-electron chi connectivity index (χ1n) is 4.55. The molecule has 1 N–H and O–H groups in total. The van der Waals surface area contributed by atoms with Crippen molar-refractivity contribution in [3.8, 4) is 0 Å². The van der Waals surface area contributed by atoms with Crippen LogP contribution in [0.2, 0.25) is 0 Å². The van der Waals surface area contributed by atoms with Crippen molar-refractivity contribution in [1.82, 2.24) is 5.32 Å². The smallest absolute Gasteiger partial charge is 0.269 e. The van der Waals surface area contributed by atoms with E-state index in [1.165, 1.54) is 23.9 Å². The van der Waals surface area contributed by atoms with Crippen LogP contribution >= 0.6 is 36.2 Å². The van der Waals surface area contributed by atoms with Crippen molar-refractivity contribution in [3.63, 3.8) is 0 Å². The summed E-state index contributed by atoms with van der Waals surface area (Å²) in [6.45, 7) is 0. The van der Waals surface area contributed by atoms with Gasteiger partial charge in [0.15, 0.2) is 0 Å². The molecule has 86 valence electrons. The van der Waals surface area contributed by atoms with Crippen LogP contribution < -0.4 is 5.32 Å². The summed E-state index contributed by atoms with van der Waals surface area (Å²) in [5, 5.41) is 13.4. The Kier molecular flexibility index (Phi) is 3.51. The summed E-state index contributed by atoms with van der Waals surface area (Å²) >= 11 is 11.5. The molecule has 1 aromatic rings. The maximum absolute atomic E-state index is 10.5. The molecule has 0 radical (unpaired) electrons. The van der Waals surface area contributed by atoms with E-state index in [1.54, 1.807) is 12.1 Å². The highest BCUT2D eigenvalue weighted by molar-refractivity contribution is 8.27. The summed E-state index contributed by atoms with van der Waals surface area (Å²) in [5.74, 6) is 0. The van der Waals surface area contributed by atoms with Gasteiger partial charge in [0.1, 0.15) is 9.31 Å².